The quantitative estimate of drug-likeness (QED) is 0.753. The van der Waals surface area contributed by atoms with Crippen LogP contribution in [0.25, 0.3) is 0 Å². The molecule has 0 aromatic heterocycles. The molecule has 0 aliphatic rings. The molecule has 106 valence electrons. The van der Waals surface area contributed by atoms with Crippen molar-refractivity contribution in [1.82, 2.24) is 5.32 Å². The first-order valence-electron chi connectivity index (χ1n) is 6.90. The lowest BCUT2D eigenvalue weighted by molar-refractivity contribution is -0.123. The third-order valence-electron chi connectivity index (χ3n) is 2.91. The van der Waals surface area contributed by atoms with E-state index in [4.69, 9.17) is 10.5 Å². The van der Waals surface area contributed by atoms with E-state index in [0.29, 0.717) is 6.54 Å². The molecule has 0 radical (unpaired) electrons. The van der Waals surface area contributed by atoms with E-state index in [9.17, 15) is 4.79 Å². The third-order valence-corrected chi connectivity index (χ3v) is 2.91. The van der Waals surface area contributed by atoms with Crippen molar-refractivity contribution < 1.29 is 9.53 Å². The predicted molar refractivity (Wildman–Crippen MR) is 77.2 cm³/mol. The number of rotatable bonds is 8. The van der Waals surface area contributed by atoms with Crippen LogP contribution in [0.5, 0.6) is 5.75 Å². The normalized spacial score (nSPS) is 11.9. The van der Waals surface area contributed by atoms with Gasteiger partial charge in [-0.1, -0.05) is 32.0 Å². The molecule has 0 aliphatic heterocycles. The maximum absolute atomic E-state index is 11.5. The number of nitrogens with two attached hydrogens (primary N) is 1. The fourth-order valence-electron chi connectivity index (χ4n) is 1.70. The molecule has 0 spiro atoms. The second kappa shape index (κ2) is 8.53. The zero-order valence-corrected chi connectivity index (χ0v) is 11.8. The van der Waals surface area contributed by atoms with Crippen molar-refractivity contribution in [2.75, 3.05) is 13.2 Å². The highest BCUT2D eigenvalue weighted by Crippen LogP contribution is 2.19. The predicted octanol–water partition coefficient (Wildman–Crippen LogP) is 1.87. The molecule has 0 bridgehead atoms. The van der Waals surface area contributed by atoms with Gasteiger partial charge in [0.15, 0.2) is 6.61 Å². The van der Waals surface area contributed by atoms with Gasteiger partial charge in [-0.2, -0.15) is 0 Å². The van der Waals surface area contributed by atoms with Gasteiger partial charge in [0, 0.05) is 12.6 Å². The van der Waals surface area contributed by atoms with Crippen LogP contribution in [0.1, 0.15) is 32.3 Å². The van der Waals surface area contributed by atoms with Gasteiger partial charge >= 0.3 is 0 Å². The fraction of sp³-hybridized carbons (Fsp3) is 0.533. The Balaban J connectivity index is 2.55. The lowest BCUT2D eigenvalue weighted by Crippen LogP contribution is -2.29. The molecule has 0 aliphatic carbocycles. The van der Waals surface area contributed by atoms with Crippen molar-refractivity contribution in [3.05, 3.63) is 29.8 Å². The minimum atomic E-state index is -0.0866. The zero-order valence-electron chi connectivity index (χ0n) is 11.8. The molecule has 1 unspecified atom stereocenters. The van der Waals surface area contributed by atoms with E-state index >= 15 is 0 Å². The van der Waals surface area contributed by atoms with Crippen LogP contribution < -0.4 is 15.8 Å². The summed E-state index contributed by atoms with van der Waals surface area (Å²) in [5.74, 6) is 0.662. The molecule has 1 aromatic rings. The molecule has 1 atom stereocenters. The van der Waals surface area contributed by atoms with Crippen LogP contribution in [0, 0.1) is 0 Å². The summed E-state index contributed by atoms with van der Waals surface area (Å²) in [7, 11) is 0. The number of ether oxygens (including phenoxy) is 1. The Morgan fingerprint density at radius 2 is 2.11 bits per heavy atom. The van der Waals surface area contributed by atoms with Crippen LogP contribution in [-0.4, -0.2) is 25.1 Å². The molecule has 1 aromatic carbocycles. The lowest BCUT2D eigenvalue weighted by atomic mass is 10.0. The van der Waals surface area contributed by atoms with Gasteiger partial charge in [0.25, 0.3) is 5.91 Å². The molecule has 1 rings (SSSR count). The molecule has 0 fully saturated rings. The zero-order chi connectivity index (χ0) is 14.1. The van der Waals surface area contributed by atoms with Crippen molar-refractivity contribution in [2.24, 2.45) is 5.73 Å². The second-order valence-corrected chi connectivity index (χ2v) is 4.62. The minimum Gasteiger partial charge on any atom is -0.483 e. The number of benzene rings is 1. The SMILES string of the molecule is CCCNC(=O)COc1ccccc1CC(N)CC. The van der Waals surface area contributed by atoms with Crippen LogP contribution in [0.15, 0.2) is 24.3 Å². The number of nitrogens with one attached hydrogen (secondary N) is 1. The standard InChI is InChI=1S/C15H24N2O2/c1-3-9-17-15(18)11-19-14-8-6-5-7-12(14)10-13(16)4-2/h5-8,13H,3-4,9-11,16H2,1-2H3,(H,17,18). The first-order valence-corrected chi connectivity index (χ1v) is 6.90. The second-order valence-electron chi connectivity index (χ2n) is 4.62. The maximum Gasteiger partial charge on any atom is 0.257 e. The average molecular weight is 264 g/mol. The van der Waals surface area contributed by atoms with Crippen molar-refractivity contribution in [3.63, 3.8) is 0 Å². The van der Waals surface area contributed by atoms with E-state index in [1.807, 2.05) is 31.2 Å². The van der Waals surface area contributed by atoms with Gasteiger partial charge in [0.2, 0.25) is 0 Å². The Hall–Kier alpha value is -1.55. The van der Waals surface area contributed by atoms with Gasteiger partial charge in [0.1, 0.15) is 5.75 Å². The molecule has 4 heteroatoms. The molecular formula is C15H24N2O2. The number of carbonyl (C=O) groups excluding carboxylic acids is 1. The summed E-state index contributed by atoms with van der Waals surface area (Å²) < 4.78 is 5.57. The summed E-state index contributed by atoms with van der Waals surface area (Å²) in [6.07, 6.45) is 2.61. The smallest absolute Gasteiger partial charge is 0.257 e. The fourth-order valence-corrected chi connectivity index (χ4v) is 1.70. The Kier molecular flexibility index (Phi) is 6.97. The molecule has 0 saturated carbocycles. The first kappa shape index (κ1) is 15.5. The molecule has 0 saturated heterocycles. The van der Waals surface area contributed by atoms with Gasteiger partial charge in [-0.3, -0.25) is 4.79 Å². The van der Waals surface area contributed by atoms with Crippen LogP contribution in [0.4, 0.5) is 0 Å². The minimum absolute atomic E-state index is 0.0539. The summed E-state index contributed by atoms with van der Waals surface area (Å²) in [6, 6.07) is 7.86. The van der Waals surface area contributed by atoms with Crippen molar-refractivity contribution >= 4 is 5.91 Å². The topological polar surface area (TPSA) is 64.3 Å². The Morgan fingerprint density at radius 1 is 1.37 bits per heavy atom. The van der Waals surface area contributed by atoms with Crippen LogP contribution >= 0.6 is 0 Å². The van der Waals surface area contributed by atoms with E-state index in [2.05, 4.69) is 12.2 Å². The highest BCUT2D eigenvalue weighted by atomic mass is 16.5. The third kappa shape index (κ3) is 5.75. The van der Waals surface area contributed by atoms with Crippen LogP contribution in [-0.2, 0) is 11.2 Å². The van der Waals surface area contributed by atoms with Crippen molar-refractivity contribution in [3.8, 4) is 5.75 Å². The van der Waals surface area contributed by atoms with Gasteiger partial charge in [-0.15, -0.1) is 0 Å². The van der Waals surface area contributed by atoms with E-state index < -0.39 is 0 Å². The number of para-hydroxylation sites is 1. The van der Waals surface area contributed by atoms with E-state index in [1.54, 1.807) is 0 Å². The first-order chi connectivity index (χ1) is 9.17. The van der Waals surface area contributed by atoms with Gasteiger partial charge in [-0.25, -0.2) is 0 Å². The van der Waals surface area contributed by atoms with Crippen LogP contribution in [0.3, 0.4) is 0 Å². The summed E-state index contributed by atoms with van der Waals surface area (Å²) in [5, 5.41) is 2.79. The highest BCUT2D eigenvalue weighted by molar-refractivity contribution is 5.77. The summed E-state index contributed by atoms with van der Waals surface area (Å²) >= 11 is 0. The molecule has 0 heterocycles. The van der Waals surface area contributed by atoms with E-state index in [1.165, 1.54) is 0 Å². The molecular weight excluding hydrogens is 240 g/mol. The largest absolute Gasteiger partial charge is 0.483 e. The monoisotopic (exact) mass is 264 g/mol. The molecule has 4 nitrogen and oxygen atoms in total. The Bertz CT molecular complexity index is 393. The summed E-state index contributed by atoms with van der Waals surface area (Å²) in [6.45, 7) is 4.82. The summed E-state index contributed by atoms with van der Waals surface area (Å²) in [5.41, 5.74) is 7.02. The molecule has 1 amide bonds. The number of hydrogen-bond acceptors (Lipinski definition) is 3. The van der Waals surface area contributed by atoms with Gasteiger partial charge in [0.05, 0.1) is 0 Å². The average Bonchev–Trinajstić information content (AvgIpc) is 2.44. The lowest BCUT2D eigenvalue weighted by Gasteiger charge is -2.14. The maximum atomic E-state index is 11.5. The Morgan fingerprint density at radius 3 is 2.79 bits per heavy atom. The van der Waals surface area contributed by atoms with E-state index in [0.717, 1.165) is 30.6 Å². The van der Waals surface area contributed by atoms with E-state index in [-0.39, 0.29) is 18.6 Å². The van der Waals surface area contributed by atoms with Gasteiger partial charge in [-0.05, 0) is 30.9 Å². The molecule has 3 N–H and O–H groups in total. The van der Waals surface area contributed by atoms with Gasteiger partial charge < -0.3 is 15.8 Å². The number of hydrogen-bond donors (Lipinski definition) is 2. The number of carbonyl (C=O) groups is 1. The number of amides is 1. The van der Waals surface area contributed by atoms with Crippen molar-refractivity contribution in [2.45, 2.75) is 39.2 Å². The highest BCUT2D eigenvalue weighted by Gasteiger charge is 2.09. The summed E-state index contributed by atoms with van der Waals surface area (Å²) in [4.78, 5) is 11.5. The van der Waals surface area contributed by atoms with Crippen molar-refractivity contribution in [1.29, 1.82) is 0 Å². The van der Waals surface area contributed by atoms with Crippen LogP contribution in [0.2, 0.25) is 0 Å². The molecule has 19 heavy (non-hydrogen) atoms. The Labute approximate surface area is 115 Å².